The van der Waals surface area contributed by atoms with Crippen LogP contribution in [0.3, 0.4) is 0 Å². The van der Waals surface area contributed by atoms with Crippen LogP contribution in [-0.4, -0.2) is 10.2 Å². The Balaban J connectivity index is 2.22. The summed E-state index contributed by atoms with van der Waals surface area (Å²) in [6, 6.07) is 4.26. The molecule has 2 rings (SSSR count). The van der Waals surface area contributed by atoms with E-state index in [9.17, 15) is 4.39 Å². The van der Waals surface area contributed by atoms with E-state index < -0.39 is 5.82 Å². The number of hydrogen-bond acceptors (Lipinski definition) is 5. The Morgan fingerprint density at radius 2 is 2.24 bits per heavy atom. The zero-order valence-corrected chi connectivity index (χ0v) is 9.70. The standard InChI is InChI=1S/C10H10ClFN4O/c1-5(13)9-15-16-10(17-9)14-7-4-2-3-6(11)8(7)12/h2-5H,13H2,1H3,(H,14,16). The molecule has 0 spiro atoms. The van der Waals surface area contributed by atoms with E-state index in [1.54, 1.807) is 13.0 Å². The highest BCUT2D eigenvalue weighted by Gasteiger charge is 2.12. The molecule has 0 radical (unpaired) electrons. The number of nitrogens with two attached hydrogens (primary N) is 1. The van der Waals surface area contributed by atoms with Gasteiger partial charge >= 0.3 is 6.01 Å². The number of nitrogens with one attached hydrogen (secondary N) is 1. The van der Waals surface area contributed by atoms with Crippen molar-refractivity contribution in [2.45, 2.75) is 13.0 Å². The third-order valence-electron chi connectivity index (χ3n) is 2.02. The van der Waals surface area contributed by atoms with Crippen LogP contribution in [0.4, 0.5) is 16.1 Å². The van der Waals surface area contributed by atoms with Gasteiger partial charge in [-0.25, -0.2) is 4.39 Å². The quantitative estimate of drug-likeness (QED) is 0.883. The van der Waals surface area contributed by atoms with Gasteiger partial charge in [0.15, 0.2) is 5.82 Å². The molecule has 1 aromatic carbocycles. The second kappa shape index (κ2) is 4.68. The maximum absolute atomic E-state index is 13.5. The maximum Gasteiger partial charge on any atom is 0.320 e. The van der Waals surface area contributed by atoms with Crippen LogP contribution in [0.25, 0.3) is 0 Å². The molecule has 0 saturated heterocycles. The second-order valence-corrected chi connectivity index (χ2v) is 3.87. The minimum absolute atomic E-state index is 0.0157. The van der Waals surface area contributed by atoms with Crippen LogP contribution >= 0.6 is 11.6 Å². The van der Waals surface area contributed by atoms with E-state index in [4.69, 9.17) is 21.8 Å². The zero-order chi connectivity index (χ0) is 12.4. The van der Waals surface area contributed by atoms with Crippen molar-refractivity contribution in [2.75, 3.05) is 5.32 Å². The fraction of sp³-hybridized carbons (Fsp3) is 0.200. The van der Waals surface area contributed by atoms with Gasteiger partial charge in [-0.15, -0.1) is 5.10 Å². The minimum Gasteiger partial charge on any atom is -0.406 e. The van der Waals surface area contributed by atoms with Crippen molar-refractivity contribution in [1.82, 2.24) is 10.2 Å². The van der Waals surface area contributed by atoms with E-state index in [1.807, 2.05) is 0 Å². The number of hydrogen-bond donors (Lipinski definition) is 2. The van der Waals surface area contributed by atoms with E-state index >= 15 is 0 Å². The van der Waals surface area contributed by atoms with Gasteiger partial charge < -0.3 is 15.5 Å². The molecular weight excluding hydrogens is 247 g/mol. The summed E-state index contributed by atoms with van der Waals surface area (Å²) in [6.07, 6.45) is 0. The zero-order valence-electron chi connectivity index (χ0n) is 8.95. The summed E-state index contributed by atoms with van der Waals surface area (Å²) in [5, 5.41) is 10.0. The summed E-state index contributed by atoms with van der Waals surface area (Å²) in [7, 11) is 0. The first kappa shape index (κ1) is 11.8. The molecule has 0 saturated carbocycles. The molecule has 1 unspecified atom stereocenters. The highest BCUT2D eigenvalue weighted by molar-refractivity contribution is 6.31. The van der Waals surface area contributed by atoms with Crippen LogP contribution in [-0.2, 0) is 0 Å². The van der Waals surface area contributed by atoms with Gasteiger partial charge in [-0.2, -0.15) is 0 Å². The summed E-state index contributed by atoms with van der Waals surface area (Å²) in [5.74, 6) is -0.301. The number of halogens is 2. The lowest BCUT2D eigenvalue weighted by Gasteiger charge is -2.03. The molecule has 3 N–H and O–H groups in total. The molecule has 7 heteroatoms. The number of nitrogens with zero attached hydrogens (tertiary/aromatic N) is 2. The van der Waals surface area contributed by atoms with Gasteiger partial charge in [0.25, 0.3) is 0 Å². The largest absolute Gasteiger partial charge is 0.406 e. The second-order valence-electron chi connectivity index (χ2n) is 3.46. The highest BCUT2D eigenvalue weighted by Crippen LogP contribution is 2.25. The fourth-order valence-corrected chi connectivity index (χ4v) is 1.36. The molecule has 2 aromatic rings. The summed E-state index contributed by atoms with van der Waals surface area (Å²) in [6.45, 7) is 1.71. The van der Waals surface area contributed by atoms with Crippen LogP contribution in [0.15, 0.2) is 22.6 Å². The topological polar surface area (TPSA) is 77.0 Å². The normalized spacial score (nSPS) is 12.5. The monoisotopic (exact) mass is 256 g/mol. The first-order valence-corrected chi connectivity index (χ1v) is 5.25. The van der Waals surface area contributed by atoms with Crippen LogP contribution in [0.2, 0.25) is 5.02 Å². The molecule has 0 aliphatic heterocycles. The molecule has 17 heavy (non-hydrogen) atoms. The van der Waals surface area contributed by atoms with E-state index in [0.29, 0.717) is 0 Å². The van der Waals surface area contributed by atoms with Gasteiger partial charge in [0.2, 0.25) is 5.89 Å². The lowest BCUT2D eigenvalue weighted by Crippen LogP contribution is -2.04. The smallest absolute Gasteiger partial charge is 0.320 e. The summed E-state index contributed by atoms with van der Waals surface area (Å²) < 4.78 is 18.7. The predicted octanol–water partition coefficient (Wildman–Crippen LogP) is 2.63. The van der Waals surface area contributed by atoms with Crippen molar-refractivity contribution in [3.05, 3.63) is 34.9 Å². The van der Waals surface area contributed by atoms with E-state index in [-0.39, 0.29) is 28.7 Å². The van der Waals surface area contributed by atoms with E-state index in [1.165, 1.54) is 12.1 Å². The van der Waals surface area contributed by atoms with Gasteiger partial charge in [0.05, 0.1) is 16.8 Å². The molecule has 0 fully saturated rings. The number of rotatable bonds is 3. The van der Waals surface area contributed by atoms with E-state index in [0.717, 1.165) is 0 Å². The Labute approximate surface area is 102 Å². The van der Waals surface area contributed by atoms with E-state index in [2.05, 4.69) is 15.5 Å². The van der Waals surface area contributed by atoms with Crippen molar-refractivity contribution in [2.24, 2.45) is 5.73 Å². The van der Waals surface area contributed by atoms with Crippen LogP contribution in [0.1, 0.15) is 18.9 Å². The van der Waals surface area contributed by atoms with Crippen molar-refractivity contribution >= 4 is 23.3 Å². The first-order valence-electron chi connectivity index (χ1n) is 4.88. The van der Waals surface area contributed by atoms with Gasteiger partial charge in [-0.05, 0) is 19.1 Å². The Morgan fingerprint density at radius 1 is 1.47 bits per heavy atom. The molecule has 5 nitrogen and oxygen atoms in total. The third kappa shape index (κ3) is 2.54. The maximum atomic E-state index is 13.5. The average Bonchev–Trinajstić information content (AvgIpc) is 2.73. The van der Waals surface area contributed by atoms with Gasteiger partial charge in [0, 0.05) is 0 Å². The Hall–Kier alpha value is -1.66. The first-order chi connectivity index (χ1) is 8.08. The number of aromatic nitrogens is 2. The van der Waals surface area contributed by atoms with Crippen molar-refractivity contribution < 1.29 is 8.81 Å². The lowest BCUT2D eigenvalue weighted by atomic mass is 10.3. The van der Waals surface area contributed by atoms with Crippen molar-refractivity contribution in [1.29, 1.82) is 0 Å². The molecule has 0 aliphatic carbocycles. The number of benzene rings is 1. The van der Waals surface area contributed by atoms with Gasteiger partial charge in [-0.3, -0.25) is 0 Å². The van der Waals surface area contributed by atoms with Crippen molar-refractivity contribution in [3.8, 4) is 0 Å². The average molecular weight is 257 g/mol. The highest BCUT2D eigenvalue weighted by atomic mass is 35.5. The molecule has 1 heterocycles. The molecule has 0 bridgehead atoms. The molecular formula is C10H10ClFN4O. The Morgan fingerprint density at radius 3 is 2.88 bits per heavy atom. The van der Waals surface area contributed by atoms with Crippen LogP contribution in [0.5, 0.6) is 0 Å². The SMILES string of the molecule is CC(N)c1nnc(Nc2cccc(Cl)c2F)o1. The summed E-state index contributed by atoms with van der Waals surface area (Å²) >= 11 is 5.63. The summed E-state index contributed by atoms with van der Waals surface area (Å²) in [5.41, 5.74) is 5.72. The molecule has 0 amide bonds. The van der Waals surface area contributed by atoms with Gasteiger partial charge in [-0.1, -0.05) is 22.8 Å². The van der Waals surface area contributed by atoms with Crippen molar-refractivity contribution in [3.63, 3.8) is 0 Å². The molecule has 1 atom stereocenters. The van der Waals surface area contributed by atoms with Gasteiger partial charge in [0.1, 0.15) is 0 Å². The molecule has 0 aliphatic rings. The number of anilines is 2. The Bertz CT molecular complexity index is 529. The minimum atomic E-state index is -0.574. The molecule has 90 valence electrons. The lowest BCUT2D eigenvalue weighted by molar-refractivity contribution is 0.475. The predicted molar refractivity (Wildman–Crippen MR) is 61.6 cm³/mol. The fourth-order valence-electron chi connectivity index (χ4n) is 1.18. The Kier molecular flexibility index (Phi) is 3.26. The van der Waals surface area contributed by atoms with Crippen LogP contribution < -0.4 is 11.1 Å². The third-order valence-corrected chi connectivity index (χ3v) is 2.32. The molecule has 1 aromatic heterocycles. The van der Waals surface area contributed by atoms with Crippen LogP contribution in [0, 0.1) is 5.82 Å². The summed E-state index contributed by atoms with van der Waals surface area (Å²) in [4.78, 5) is 0.